The minimum atomic E-state index is -6.60. The first-order valence-corrected chi connectivity index (χ1v) is 5.89. The van der Waals surface area contributed by atoms with Gasteiger partial charge in [0, 0.05) is 0 Å². The van der Waals surface area contributed by atoms with E-state index in [1.165, 1.54) is 0 Å². The van der Waals surface area contributed by atoms with Gasteiger partial charge in [-0.05, 0) is 6.54 Å². The molecule has 144 valence electrons. The molecule has 1 aliphatic rings. The Kier molecular flexibility index (Phi) is 4.63. The van der Waals surface area contributed by atoms with Gasteiger partial charge in [-0.25, -0.2) is 0 Å². The van der Waals surface area contributed by atoms with Crippen molar-refractivity contribution in [2.24, 2.45) is 5.73 Å². The Morgan fingerprint density at radius 2 is 1.12 bits per heavy atom. The fourth-order valence-corrected chi connectivity index (χ4v) is 2.57. The van der Waals surface area contributed by atoms with E-state index in [1.807, 2.05) is 0 Å². The summed E-state index contributed by atoms with van der Waals surface area (Å²) in [5.41, 5.74) is -6.63. The molecule has 0 aromatic heterocycles. The van der Waals surface area contributed by atoms with Gasteiger partial charge in [0.25, 0.3) is 5.66 Å². The van der Waals surface area contributed by atoms with Crippen LogP contribution in [-0.4, -0.2) is 53.5 Å². The van der Waals surface area contributed by atoms with Crippen molar-refractivity contribution >= 4 is 0 Å². The number of hydrogen-bond donors (Lipinski definition) is 2. The lowest BCUT2D eigenvalue weighted by Gasteiger charge is -2.41. The molecule has 1 fully saturated rings. The maximum atomic E-state index is 13.0. The number of rotatable bonds is 1. The molecule has 0 amide bonds. The lowest BCUT2D eigenvalue weighted by Crippen LogP contribution is -2.76. The highest BCUT2D eigenvalue weighted by atomic mass is 19.4. The number of nitrogens with zero attached hydrogens (tertiary/aromatic N) is 1. The van der Waals surface area contributed by atoms with Crippen LogP contribution in [0.5, 0.6) is 0 Å². The molecule has 0 bridgehead atoms. The second-order valence-corrected chi connectivity index (χ2v) is 4.87. The van der Waals surface area contributed by atoms with Gasteiger partial charge >= 0.3 is 24.7 Å². The second kappa shape index (κ2) is 5.27. The van der Waals surface area contributed by atoms with E-state index in [-0.39, 0.29) is 5.32 Å². The van der Waals surface area contributed by atoms with Crippen molar-refractivity contribution in [3.8, 4) is 0 Å². The first-order valence-electron chi connectivity index (χ1n) is 5.89. The van der Waals surface area contributed by atoms with E-state index in [0.717, 1.165) is 0 Å². The zero-order chi connectivity index (χ0) is 19.6. The molecule has 0 spiro atoms. The Balaban J connectivity index is 3.87. The summed E-state index contributed by atoms with van der Waals surface area (Å²) in [5, 5.41) is -0.271. The second-order valence-electron chi connectivity index (χ2n) is 4.87. The van der Waals surface area contributed by atoms with E-state index >= 15 is 0 Å². The first kappa shape index (κ1) is 21.1. The average Bonchev–Trinajstić information content (AvgIpc) is 2.57. The molecule has 1 aliphatic heterocycles. The van der Waals surface area contributed by atoms with E-state index < -0.39 is 53.5 Å². The maximum absolute atomic E-state index is 13.0. The van der Waals surface area contributed by atoms with Crippen molar-refractivity contribution in [3.05, 3.63) is 0 Å². The molecule has 15 heteroatoms. The smallest absolute Gasteiger partial charge is 0.314 e. The fourth-order valence-electron chi connectivity index (χ4n) is 2.57. The molecular weight excluding hydrogens is 378 g/mol. The lowest BCUT2D eigenvalue weighted by atomic mass is 9.95. The highest BCUT2D eigenvalue weighted by Gasteiger charge is 2.89. The van der Waals surface area contributed by atoms with Crippen molar-refractivity contribution in [2.75, 3.05) is 6.54 Å². The molecule has 1 heterocycles. The number of nitrogens with two attached hydrogens (primary N) is 1. The van der Waals surface area contributed by atoms with E-state index in [2.05, 4.69) is 5.73 Å². The third kappa shape index (κ3) is 2.42. The molecule has 1 rings (SSSR count). The van der Waals surface area contributed by atoms with Crippen LogP contribution in [0.1, 0.15) is 6.92 Å². The molecule has 1 atom stereocenters. The van der Waals surface area contributed by atoms with Crippen molar-refractivity contribution in [1.82, 2.24) is 10.2 Å². The summed E-state index contributed by atoms with van der Waals surface area (Å²) in [6.07, 6.45) is -30.1. The van der Waals surface area contributed by atoms with Crippen LogP contribution in [0.25, 0.3) is 0 Å². The molecule has 0 aromatic carbocycles. The van der Waals surface area contributed by atoms with E-state index in [0.29, 0.717) is 6.92 Å². The van der Waals surface area contributed by atoms with Crippen LogP contribution in [0.4, 0.5) is 52.7 Å². The highest BCUT2D eigenvalue weighted by Crippen LogP contribution is 2.57. The lowest BCUT2D eigenvalue weighted by molar-refractivity contribution is -0.351. The monoisotopic (exact) mass is 387 g/mol. The van der Waals surface area contributed by atoms with Gasteiger partial charge in [-0.1, -0.05) is 6.92 Å². The molecule has 3 nitrogen and oxygen atoms in total. The van der Waals surface area contributed by atoms with Gasteiger partial charge in [-0.15, -0.1) is 0 Å². The van der Waals surface area contributed by atoms with Gasteiger partial charge < -0.3 is 5.73 Å². The summed E-state index contributed by atoms with van der Waals surface area (Å²) in [6, 6.07) is 0. The molecule has 1 saturated heterocycles. The summed E-state index contributed by atoms with van der Waals surface area (Å²) in [6.45, 7) is -0.988. The summed E-state index contributed by atoms with van der Waals surface area (Å²) in [4.78, 5) is -1.14. The van der Waals surface area contributed by atoms with E-state index in [9.17, 15) is 52.7 Å². The molecular formula is C9H9F12N3. The molecule has 0 aliphatic carbocycles. The van der Waals surface area contributed by atoms with E-state index in [4.69, 9.17) is 0 Å². The first-order chi connectivity index (χ1) is 10.3. The summed E-state index contributed by atoms with van der Waals surface area (Å²) < 4.78 is 156. The predicted octanol–water partition coefficient (Wildman–Crippen LogP) is 2.88. The Morgan fingerprint density at radius 1 is 0.792 bits per heavy atom. The number of alkyl halides is 12. The van der Waals surface area contributed by atoms with Gasteiger partial charge in [0.05, 0.1) is 6.17 Å². The number of likely N-dealkylation sites (N-methyl/N-ethyl adjacent to an activating group) is 1. The SMILES string of the molecule is CCN1C(N)C(C(F)(F)F)(C(F)(F)F)NC1(C(F)(F)F)C(F)(F)F. The normalized spacial score (nSPS) is 26.0. The molecule has 0 saturated carbocycles. The fraction of sp³-hybridized carbons (Fsp3) is 1.00. The molecule has 24 heavy (non-hydrogen) atoms. The highest BCUT2D eigenvalue weighted by molar-refractivity contribution is 5.22. The Labute approximate surface area is 125 Å². The van der Waals surface area contributed by atoms with Gasteiger partial charge in [0.15, 0.2) is 0 Å². The van der Waals surface area contributed by atoms with Gasteiger partial charge in [0.2, 0.25) is 5.54 Å². The van der Waals surface area contributed by atoms with Gasteiger partial charge in [0.1, 0.15) is 0 Å². The predicted molar refractivity (Wildman–Crippen MR) is 53.2 cm³/mol. The Morgan fingerprint density at radius 3 is 1.29 bits per heavy atom. The zero-order valence-corrected chi connectivity index (χ0v) is 11.3. The standard InChI is InChI=1S/C9H9F12N3/c1-2-24-3(22)4(6(10,11)12,7(13,14)15)23-5(24,8(16,17)18)9(19,20)21/h3,23H,2,22H2,1H3. The molecule has 1 unspecified atom stereocenters. The molecule has 3 N–H and O–H groups in total. The van der Waals surface area contributed by atoms with Gasteiger partial charge in [-0.3, -0.25) is 10.2 Å². The quantitative estimate of drug-likeness (QED) is 0.680. The number of halogens is 12. The topological polar surface area (TPSA) is 41.3 Å². The third-order valence-corrected chi connectivity index (χ3v) is 3.64. The maximum Gasteiger partial charge on any atom is 0.429 e. The third-order valence-electron chi connectivity index (χ3n) is 3.64. The van der Waals surface area contributed by atoms with Crippen molar-refractivity contribution in [3.63, 3.8) is 0 Å². The molecule has 0 aromatic rings. The van der Waals surface area contributed by atoms with Crippen LogP contribution in [-0.2, 0) is 0 Å². The average molecular weight is 387 g/mol. The van der Waals surface area contributed by atoms with Crippen LogP contribution in [0.15, 0.2) is 0 Å². The number of hydrogen-bond acceptors (Lipinski definition) is 3. The van der Waals surface area contributed by atoms with Crippen LogP contribution in [0.3, 0.4) is 0 Å². The number of nitrogens with one attached hydrogen (secondary N) is 1. The molecule has 0 radical (unpaired) electrons. The largest absolute Gasteiger partial charge is 0.429 e. The minimum absolute atomic E-state index is 0.271. The van der Waals surface area contributed by atoms with Crippen molar-refractivity contribution in [2.45, 2.75) is 49.0 Å². The minimum Gasteiger partial charge on any atom is -0.314 e. The van der Waals surface area contributed by atoms with Crippen LogP contribution in [0, 0.1) is 0 Å². The van der Waals surface area contributed by atoms with Gasteiger partial charge in [-0.2, -0.15) is 52.7 Å². The Bertz CT molecular complexity index is 444. The van der Waals surface area contributed by atoms with Crippen LogP contribution < -0.4 is 11.1 Å². The van der Waals surface area contributed by atoms with Crippen LogP contribution >= 0.6 is 0 Å². The summed E-state index contributed by atoms with van der Waals surface area (Å²) in [7, 11) is 0. The van der Waals surface area contributed by atoms with Crippen LogP contribution in [0.2, 0.25) is 0 Å². The van der Waals surface area contributed by atoms with Crippen molar-refractivity contribution in [1.29, 1.82) is 0 Å². The Hall–Kier alpha value is -0.960. The summed E-state index contributed by atoms with van der Waals surface area (Å²) in [5.74, 6) is 0. The summed E-state index contributed by atoms with van der Waals surface area (Å²) >= 11 is 0. The van der Waals surface area contributed by atoms with E-state index in [1.54, 1.807) is 0 Å². The van der Waals surface area contributed by atoms with Crippen molar-refractivity contribution < 1.29 is 52.7 Å². The zero-order valence-electron chi connectivity index (χ0n) is 11.3.